The fraction of sp³-hybridized carbons (Fsp3) is 0.500. The van der Waals surface area contributed by atoms with E-state index in [0.29, 0.717) is 12.8 Å². The lowest BCUT2D eigenvalue weighted by Gasteiger charge is -2.15. The molecule has 4 nitrogen and oxygen atoms in total. The topological polar surface area (TPSA) is 52.6 Å². The molecule has 0 radical (unpaired) electrons. The van der Waals surface area contributed by atoms with Crippen molar-refractivity contribution in [3.8, 4) is 0 Å². The van der Waals surface area contributed by atoms with Gasteiger partial charge in [-0.3, -0.25) is 0 Å². The monoisotopic (exact) mass is 282 g/mol. The number of benzene rings is 1. The molecule has 0 aromatic heterocycles. The van der Waals surface area contributed by atoms with E-state index >= 15 is 0 Å². The molecule has 0 saturated carbocycles. The molecule has 0 aliphatic rings. The van der Waals surface area contributed by atoms with Gasteiger partial charge in [-0.05, 0) is 38.8 Å². The first-order valence-electron chi connectivity index (χ1n) is 8.67. The van der Waals surface area contributed by atoms with Gasteiger partial charge >= 0.3 is 11.9 Å². The molecule has 1 rings (SSSR count). The lowest BCUT2D eigenvalue weighted by Crippen LogP contribution is -2.20. The fourth-order valence-electron chi connectivity index (χ4n) is 1.27. The van der Waals surface area contributed by atoms with Crippen LogP contribution in [0.15, 0.2) is 24.2 Å². The van der Waals surface area contributed by atoms with Crippen molar-refractivity contribution in [2.45, 2.75) is 52.7 Å². The third-order valence-electron chi connectivity index (χ3n) is 2.86. The number of hydrogen-bond acceptors (Lipinski definition) is 4. The minimum Gasteiger partial charge on any atom is -0.459 e. The second kappa shape index (κ2) is 7.68. The summed E-state index contributed by atoms with van der Waals surface area (Å²) < 4.78 is 41.6. The third kappa shape index (κ3) is 4.37. The number of esters is 2. The lowest BCUT2D eigenvalue weighted by molar-refractivity contribution is 0.0285. The first-order chi connectivity index (χ1) is 11.1. The van der Waals surface area contributed by atoms with Gasteiger partial charge in [0, 0.05) is 0 Å². The van der Waals surface area contributed by atoms with Gasteiger partial charge in [0.05, 0.1) is 28.8 Å². The molecule has 1 aromatic rings. The van der Waals surface area contributed by atoms with Crippen molar-refractivity contribution in [2.24, 2.45) is 0 Å². The summed E-state index contributed by atoms with van der Waals surface area (Å²) in [7, 11) is 0. The first-order valence-corrected chi connectivity index (χ1v) is 6.67. The Hall–Kier alpha value is -1.84. The minimum absolute atomic E-state index is 0.450. The van der Waals surface area contributed by atoms with Crippen LogP contribution >= 0.6 is 0 Å². The summed E-state index contributed by atoms with van der Waals surface area (Å²) in [5.74, 6) is -1.93. The largest absolute Gasteiger partial charge is 0.459 e. The van der Waals surface area contributed by atoms with E-state index in [0.717, 1.165) is 0 Å². The molecule has 0 aliphatic carbocycles. The van der Waals surface area contributed by atoms with Gasteiger partial charge in [-0.25, -0.2) is 9.59 Å². The lowest BCUT2D eigenvalue weighted by atomic mass is 10.1. The van der Waals surface area contributed by atoms with Crippen molar-refractivity contribution in [3.05, 3.63) is 35.3 Å². The molecule has 1 aromatic carbocycles. The van der Waals surface area contributed by atoms with Crippen LogP contribution in [0.4, 0.5) is 0 Å². The summed E-state index contributed by atoms with van der Waals surface area (Å²) >= 11 is 0. The molecule has 0 fully saturated rings. The highest BCUT2D eigenvalue weighted by atomic mass is 16.5. The Bertz CT molecular complexity index is 591. The molecule has 110 valence electrons. The zero-order chi connectivity index (χ0) is 18.6. The average molecular weight is 282 g/mol. The number of rotatable bonds is 6. The number of hydrogen-bond donors (Lipinski definition) is 0. The van der Waals surface area contributed by atoms with Crippen molar-refractivity contribution in [1.29, 1.82) is 0 Å². The molecule has 0 amide bonds. The summed E-state index contributed by atoms with van der Waals surface area (Å²) in [4.78, 5) is 24.7. The SMILES string of the molecule is [2H]c1c([2H])c([2H])c(C(=O)OC(C)CC)c(C(=O)OC(C)CC)c1[2H]. The van der Waals surface area contributed by atoms with E-state index in [1.54, 1.807) is 27.7 Å². The van der Waals surface area contributed by atoms with Crippen LogP contribution in [0.1, 0.15) is 66.7 Å². The summed E-state index contributed by atoms with van der Waals surface area (Å²) in [5, 5.41) is 0. The van der Waals surface area contributed by atoms with Crippen LogP contribution in [0, 0.1) is 0 Å². The van der Waals surface area contributed by atoms with E-state index in [2.05, 4.69) is 0 Å². The Balaban J connectivity index is 3.49. The summed E-state index contributed by atoms with van der Waals surface area (Å²) in [6, 6.07) is -2.42. The van der Waals surface area contributed by atoms with Crippen molar-refractivity contribution in [3.63, 3.8) is 0 Å². The van der Waals surface area contributed by atoms with Gasteiger partial charge in [-0.15, -0.1) is 0 Å². The molecule has 0 N–H and O–H groups in total. The van der Waals surface area contributed by atoms with E-state index in [-0.39, 0.29) is 0 Å². The average Bonchev–Trinajstić information content (AvgIpc) is 2.54. The highest BCUT2D eigenvalue weighted by Crippen LogP contribution is 2.15. The van der Waals surface area contributed by atoms with Crippen LogP contribution in [-0.4, -0.2) is 24.1 Å². The van der Waals surface area contributed by atoms with Crippen molar-refractivity contribution < 1.29 is 24.5 Å². The summed E-state index contributed by atoms with van der Waals surface area (Å²) in [5.41, 5.74) is -0.982. The van der Waals surface area contributed by atoms with Crippen LogP contribution in [0.3, 0.4) is 0 Å². The quantitative estimate of drug-likeness (QED) is 0.748. The van der Waals surface area contributed by atoms with Crippen LogP contribution in [-0.2, 0) is 9.47 Å². The van der Waals surface area contributed by atoms with E-state index in [9.17, 15) is 9.59 Å². The Morgan fingerprint density at radius 2 is 1.35 bits per heavy atom. The maximum atomic E-state index is 12.4. The molecule has 0 saturated heterocycles. The summed E-state index contributed by atoms with van der Waals surface area (Å²) in [6.45, 7) is 6.91. The van der Waals surface area contributed by atoms with E-state index < -0.39 is 59.4 Å². The molecule has 4 heteroatoms. The van der Waals surface area contributed by atoms with E-state index in [4.69, 9.17) is 15.0 Å². The molecule has 2 unspecified atom stereocenters. The zero-order valence-electron chi connectivity index (χ0n) is 16.2. The first kappa shape index (κ1) is 10.9. The van der Waals surface area contributed by atoms with Gasteiger partial charge in [-0.2, -0.15) is 0 Å². The normalized spacial score (nSPS) is 16.2. The molecular formula is C16H22O4. The molecule has 2 atom stereocenters. The van der Waals surface area contributed by atoms with Gasteiger partial charge in [-0.1, -0.05) is 25.9 Å². The standard InChI is InChI=1S/C16H22O4/c1-5-11(3)19-15(17)13-9-7-8-10-14(13)16(18)20-12(4)6-2/h7-12H,5-6H2,1-4H3/i7D,8D,9D,10D. The maximum Gasteiger partial charge on any atom is 0.339 e. The Labute approximate surface area is 125 Å². The van der Waals surface area contributed by atoms with Crippen molar-refractivity contribution >= 4 is 11.9 Å². The third-order valence-corrected chi connectivity index (χ3v) is 2.86. The molecule has 0 heterocycles. The van der Waals surface area contributed by atoms with Crippen LogP contribution in [0.25, 0.3) is 0 Å². The van der Waals surface area contributed by atoms with Crippen molar-refractivity contribution in [2.75, 3.05) is 0 Å². The maximum absolute atomic E-state index is 12.4. The van der Waals surface area contributed by atoms with Gasteiger partial charge in [0.15, 0.2) is 0 Å². The number of carbonyl (C=O) groups is 2. The van der Waals surface area contributed by atoms with Gasteiger partial charge in [0.2, 0.25) is 0 Å². The van der Waals surface area contributed by atoms with Crippen molar-refractivity contribution in [1.82, 2.24) is 0 Å². The van der Waals surface area contributed by atoms with Crippen LogP contribution in [0.2, 0.25) is 0 Å². The predicted octanol–water partition coefficient (Wildman–Crippen LogP) is 3.60. The van der Waals surface area contributed by atoms with Crippen LogP contribution in [0.5, 0.6) is 0 Å². The number of carbonyl (C=O) groups excluding carboxylic acids is 2. The second-order valence-corrected chi connectivity index (χ2v) is 4.50. The van der Waals surface area contributed by atoms with E-state index in [1.165, 1.54) is 0 Å². The highest BCUT2D eigenvalue weighted by Gasteiger charge is 2.21. The van der Waals surface area contributed by atoms with Crippen LogP contribution < -0.4 is 0 Å². The molecule has 0 bridgehead atoms. The molecular weight excluding hydrogens is 256 g/mol. The van der Waals surface area contributed by atoms with Gasteiger partial charge in [0.25, 0.3) is 0 Å². The minimum atomic E-state index is -0.965. The highest BCUT2D eigenvalue weighted by molar-refractivity contribution is 6.03. The fourth-order valence-corrected chi connectivity index (χ4v) is 1.27. The second-order valence-electron chi connectivity index (χ2n) is 4.50. The van der Waals surface area contributed by atoms with Gasteiger partial charge in [0.1, 0.15) is 0 Å². The predicted molar refractivity (Wildman–Crippen MR) is 76.8 cm³/mol. The Morgan fingerprint density at radius 3 is 1.65 bits per heavy atom. The Kier molecular flexibility index (Phi) is 4.18. The summed E-state index contributed by atoms with van der Waals surface area (Å²) in [6.07, 6.45) is 0.164. The zero-order valence-corrected chi connectivity index (χ0v) is 12.2. The molecule has 20 heavy (non-hydrogen) atoms. The molecule has 0 aliphatic heterocycles. The van der Waals surface area contributed by atoms with E-state index in [1.807, 2.05) is 0 Å². The smallest absolute Gasteiger partial charge is 0.339 e. The molecule has 0 spiro atoms. The number of ether oxygens (including phenoxy) is 2. The van der Waals surface area contributed by atoms with Gasteiger partial charge < -0.3 is 9.47 Å². The Morgan fingerprint density at radius 1 is 1.00 bits per heavy atom.